The summed E-state index contributed by atoms with van der Waals surface area (Å²) in [5.41, 5.74) is 1.45. The van der Waals surface area contributed by atoms with E-state index in [1.165, 1.54) is 24.3 Å². The summed E-state index contributed by atoms with van der Waals surface area (Å²) in [5.74, 6) is 0. The van der Waals surface area contributed by atoms with Gasteiger partial charge in [-0.3, -0.25) is 4.98 Å². The standard InChI is InChI=1S/C14H12BrF2NO/c15-12-5-9(7-18-8-12)6-13(19)10-1-3-11(4-2-10)14(16)17/h1-5,7-8,13-14,19H,6H2. The second-order valence-corrected chi connectivity index (χ2v) is 5.11. The van der Waals surface area contributed by atoms with Crippen LogP contribution in [0.15, 0.2) is 47.2 Å². The lowest BCUT2D eigenvalue weighted by Crippen LogP contribution is -2.02. The molecule has 0 spiro atoms. The minimum absolute atomic E-state index is 0.0416. The van der Waals surface area contributed by atoms with Crippen LogP contribution in [0.25, 0.3) is 0 Å². The van der Waals surface area contributed by atoms with Crippen LogP contribution >= 0.6 is 15.9 Å². The van der Waals surface area contributed by atoms with Crippen molar-refractivity contribution in [2.24, 2.45) is 0 Å². The molecule has 0 saturated heterocycles. The van der Waals surface area contributed by atoms with Crippen molar-refractivity contribution < 1.29 is 13.9 Å². The largest absolute Gasteiger partial charge is 0.388 e. The Bertz CT molecular complexity index is 545. The van der Waals surface area contributed by atoms with E-state index in [9.17, 15) is 13.9 Å². The van der Waals surface area contributed by atoms with Crippen LogP contribution in [0.2, 0.25) is 0 Å². The fourth-order valence-corrected chi connectivity index (χ4v) is 2.18. The molecule has 0 aliphatic heterocycles. The Labute approximate surface area is 118 Å². The predicted octanol–water partition coefficient (Wildman–Crippen LogP) is 4.06. The third-order valence-electron chi connectivity index (χ3n) is 2.76. The third kappa shape index (κ3) is 3.81. The maximum absolute atomic E-state index is 12.4. The molecular weight excluding hydrogens is 316 g/mol. The summed E-state index contributed by atoms with van der Waals surface area (Å²) in [7, 11) is 0. The predicted molar refractivity (Wildman–Crippen MR) is 72.0 cm³/mol. The number of pyridine rings is 1. The number of rotatable bonds is 4. The van der Waals surface area contributed by atoms with Gasteiger partial charge in [-0.15, -0.1) is 0 Å². The van der Waals surface area contributed by atoms with E-state index in [2.05, 4.69) is 20.9 Å². The normalized spacial score (nSPS) is 12.7. The second kappa shape index (κ2) is 6.21. The summed E-state index contributed by atoms with van der Waals surface area (Å²) in [6.07, 6.45) is 0.498. The van der Waals surface area contributed by atoms with Crippen LogP contribution in [0.4, 0.5) is 8.78 Å². The average Bonchev–Trinajstić information content (AvgIpc) is 2.39. The highest BCUT2D eigenvalue weighted by molar-refractivity contribution is 9.10. The zero-order valence-electron chi connectivity index (χ0n) is 9.93. The summed E-state index contributed by atoms with van der Waals surface area (Å²) >= 11 is 3.31. The monoisotopic (exact) mass is 327 g/mol. The van der Waals surface area contributed by atoms with Gasteiger partial charge in [0, 0.05) is 28.9 Å². The topological polar surface area (TPSA) is 33.1 Å². The van der Waals surface area contributed by atoms with Crippen LogP contribution in [-0.4, -0.2) is 10.1 Å². The van der Waals surface area contributed by atoms with E-state index in [0.717, 1.165) is 10.0 Å². The molecule has 0 radical (unpaired) electrons. The Hall–Kier alpha value is -1.33. The van der Waals surface area contributed by atoms with E-state index < -0.39 is 12.5 Å². The van der Waals surface area contributed by atoms with Gasteiger partial charge >= 0.3 is 0 Å². The number of nitrogens with zero attached hydrogens (tertiary/aromatic N) is 1. The molecule has 2 aromatic rings. The number of hydrogen-bond acceptors (Lipinski definition) is 2. The first-order valence-electron chi connectivity index (χ1n) is 5.72. The van der Waals surface area contributed by atoms with E-state index >= 15 is 0 Å². The number of aliphatic hydroxyl groups excluding tert-OH is 1. The van der Waals surface area contributed by atoms with Gasteiger partial charge in [-0.1, -0.05) is 24.3 Å². The molecule has 2 nitrogen and oxygen atoms in total. The van der Waals surface area contributed by atoms with Crippen molar-refractivity contribution in [3.63, 3.8) is 0 Å². The molecule has 0 fully saturated rings. The van der Waals surface area contributed by atoms with Crippen molar-refractivity contribution in [1.29, 1.82) is 0 Å². The molecule has 1 unspecified atom stereocenters. The summed E-state index contributed by atoms with van der Waals surface area (Å²) in [6.45, 7) is 0. The number of aromatic nitrogens is 1. The first-order valence-corrected chi connectivity index (χ1v) is 6.51. The summed E-state index contributed by atoms with van der Waals surface area (Å²) in [5, 5.41) is 10.1. The number of hydrogen-bond donors (Lipinski definition) is 1. The molecule has 0 aliphatic carbocycles. The zero-order valence-corrected chi connectivity index (χ0v) is 11.5. The molecule has 1 aromatic heterocycles. The highest BCUT2D eigenvalue weighted by atomic mass is 79.9. The Morgan fingerprint density at radius 1 is 1.11 bits per heavy atom. The minimum Gasteiger partial charge on any atom is -0.388 e. The minimum atomic E-state index is -2.49. The number of halogens is 3. The molecule has 1 aromatic carbocycles. The van der Waals surface area contributed by atoms with Gasteiger partial charge in [0.25, 0.3) is 6.43 Å². The maximum atomic E-state index is 12.4. The fourth-order valence-electron chi connectivity index (χ4n) is 1.77. The molecule has 100 valence electrons. The Morgan fingerprint density at radius 3 is 2.32 bits per heavy atom. The SMILES string of the molecule is OC(Cc1cncc(Br)c1)c1ccc(C(F)F)cc1. The zero-order chi connectivity index (χ0) is 13.8. The second-order valence-electron chi connectivity index (χ2n) is 4.20. The van der Waals surface area contributed by atoms with Gasteiger partial charge in [0.05, 0.1) is 6.10 Å². The van der Waals surface area contributed by atoms with Crippen LogP contribution in [-0.2, 0) is 6.42 Å². The molecule has 1 heterocycles. The highest BCUT2D eigenvalue weighted by Gasteiger charge is 2.11. The van der Waals surface area contributed by atoms with Crippen molar-refractivity contribution in [2.45, 2.75) is 19.0 Å². The Balaban J connectivity index is 2.09. The molecule has 1 N–H and O–H groups in total. The molecule has 1 atom stereocenters. The smallest absolute Gasteiger partial charge is 0.263 e. The van der Waals surface area contributed by atoms with Crippen LogP contribution in [0, 0.1) is 0 Å². The van der Waals surface area contributed by atoms with E-state index in [4.69, 9.17) is 0 Å². The molecular formula is C14H12BrF2NO. The quantitative estimate of drug-likeness (QED) is 0.918. The van der Waals surface area contributed by atoms with Crippen LogP contribution in [0.5, 0.6) is 0 Å². The Kier molecular flexibility index (Phi) is 4.61. The van der Waals surface area contributed by atoms with Gasteiger partial charge in [-0.05, 0) is 33.1 Å². The molecule has 0 amide bonds. The number of aliphatic hydroxyl groups is 1. The number of benzene rings is 1. The lowest BCUT2D eigenvalue weighted by Gasteiger charge is -2.11. The molecule has 0 aliphatic rings. The molecule has 0 saturated carbocycles. The summed E-state index contributed by atoms with van der Waals surface area (Å²) in [6, 6.07) is 7.59. The first kappa shape index (κ1) is 14.1. The van der Waals surface area contributed by atoms with Crippen LogP contribution in [0.1, 0.15) is 29.2 Å². The van der Waals surface area contributed by atoms with E-state index in [0.29, 0.717) is 12.0 Å². The highest BCUT2D eigenvalue weighted by Crippen LogP contribution is 2.23. The van der Waals surface area contributed by atoms with Gasteiger partial charge in [0.15, 0.2) is 0 Å². The van der Waals surface area contributed by atoms with E-state index in [-0.39, 0.29) is 5.56 Å². The van der Waals surface area contributed by atoms with Gasteiger partial charge in [0.2, 0.25) is 0 Å². The van der Waals surface area contributed by atoms with E-state index in [1.54, 1.807) is 12.4 Å². The van der Waals surface area contributed by atoms with Gasteiger partial charge < -0.3 is 5.11 Å². The average molecular weight is 328 g/mol. The molecule has 5 heteroatoms. The molecule has 2 rings (SSSR count). The molecule has 0 bridgehead atoms. The van der Waals surface area contributed by atoms with Gasteiger partial charge in [0.1, 0.15) is 0 Å². The van der Waals surface area contributed by atoms with Crippen LogP contribution in [0.3, 0.4) is 0 Å². The third-order valence-corrected chi connectivity index (χ3v) is 3.20. The van der Waals surface area contributed by atoms with Gasteiger partial charge in [-0.25, -0.2) is 8.78 Å². The van der Waals surface area contributed by atoms with Crippen molar-refractivity contribution in [1.82, 2.24) is 4.98 Å². The van der Waals surface area contributed by atoms with Gasteiger partial charge in [-0.2, -0.15) is 0 Å². The molecule has 19 heavy (non-hydrogen) atoms. The summed E-state index contributed by atoms with van der Waals surface area (Å²) in [4.78, 5) is 4.01. The van der Waals surface area contributed by atoms with Crippen molar-refractivity contribution >= 4 is 15.9 Å². The maximum Gasteiger partial charge on any atom is 0.263 e. The van der Waals surface area contributed by atoms with Crippen molar-refractivity contribution in [2.75, 3.05) is 0 Å². The van der Waals surface area contributed by atoms with E-state index in [1.807, 2.05) is 6.07 Å². The van der Waals surface area contributed by atoms with Crippen molar-refractivity contribution in [3.05, 3.63) is 63.9 Å². The lowest BCUT2D eigenvalue weighted by molar-refractivity contribution is 0.151. The van der Waals surface area contributed by atoms with Crippen LogP contribution < -0.4 is 0 Å². The summed E-state index contributed by atoms with van der Waals surface area (Å²) < 4.78 is 25.7. The lowest BCUT2D eigenvalue weighted by atomic mass is 10.0. The fraction of sp³-hybridized carbons (Fsp3) is 0.214. The number of alkyl halides is 2. The van der Waals surface area contributed by atoms with Crippen molar-refractivity contribution in [3.8, 4) is 0 Å². The Morgan fingerprint density at radius 2 is 1.74 bits per heavy atom. The first-order chi connectivity index (χ1) is 9.06.